The van der Waals surface area contributed by atoms with E-state index in [1.54, 1.807) is 37.3 Å². The molecule has 1 heterocycles. The zero-order valence-electron chi connectivity index (χ0n) is 13.6. The van der Waals surface area contributed by atoms with Gasteiger partial charge in [-0.25, -0.2) is 0 Å². The first-order valence-corrected chi connectivity index (χ1v) is 7.58. The van der Waals surface area contributed by atoms with Crippen LogP contribution in [0, 0.1) is 12.8 Å². The quantitative estimate of drug-likeness (QED) is 0.858. The summed E-state index contributed by atoms with van der Waals surface area (Å²) < 4.78 is 4.90. The number of rotatable bonds is 6. The molecule has 2 aromatic rings. The smallest absolute Gasteiger partial charge is 0.256 e. The SMILES string of the molecule is Cc1cc(NC(=O)c2cccc(C(=O)NCCC(C)C)c2)no1. The molecule has 1 aromatic heterocycles. The molecule has 6 heteroatoms. The standard InChI is InChI=1S/C17H21N3O3/c1-11(2)7-8-18-16(21)13-5-4-6-14(10-13)17(22)19-15-9-12(3)23-20-15/h4-6,9-11H,7-8H2,1-3H3,(H,18,21)(H,19,20,22). The van der Waals surface area contributed by atoms with Crippen LogP contribution in [0.4, 0.5) is 5.82 Å². The number of aryl methyl sites for hydroxylation is 1. The number of aromatic nitrogens is 1. The highest BCUT2D eigenvalue weighted by Crippen LogP contribution is 2.11. The largest absolute Gasteiger partial charge is 0.360 e. The molecule has 0 unspecified atom stereocenters. The van der Waals surface area contributed by atoms with Gasteiger partial charge in [0.1, 0.15) is 5.76 Å². The van der Waals surface area contributed by atoms with Gasteiger partial charge in [0.25, 0.3) is 11.8 Å². The topological polar surface area (TPSA) is 84.2 Å². The number of nitrogens with zero attached hydrogens (tertiary/aromatic N) is 1. The summed E-state index contributed by atoms with van der Waals surface area (Å²) in [5.41, 5.74) is 0.847. The second-order valence-corrected chi connectivity index (χ2v) is 5.80. The minimum Gasteiger partial charge on any atom is -0.360 e. The van der Waals surface area contributed by atoms with E-state index in [0.717, 1.165) is 6.42 Å². The molecule has 0 aliphatic heterocycles. The maximum absolute atomic E-state index is 12.2. The van der Waals surface area contributed by atoms with E-state index < -0.39 is 0 Å². The molecule has 0 fully saturated rings. The highest BCUT2D eigenvalue weighted by Gasteiger charge is 2.12. The fourth-order valence-electron chi connectivity index (χ4n) is 1.99. The molecule has 2 amide bonds. The fourth-order valence-corrected chi connectivity index (χ4v) is 1.99. The van der Waals surface area contributed by atoms with Gasteiger partial charge in [0.15, 0.2) is 5.82 Å². The molecule has 2 N–H and O–H groups in total. The Morgan fingerprint density at radius 2 is 1.87 bits per heavy atom. The van der Waals surface area contributed by atoms with Crippen molar-refractivity contribution < 1.29 is 14.1 Å². The van der Waals surface area contributed by atoms with Crippen molar-refractivity contribution in [2.24, 2.45) is 5.92 Å². The van der Waals surface area contributed by atoms with E-state index in [2.05, 4.69) is 29.6 Å². The van der Waals surface area contributed by atoms with Crippen LogP contribution < -0.4 is 10.6 Å². The number of nitrogens with one attached hydrogen (secondary N) is 2. The van der Waals surface area contributed by atoms with Crippen LogP contribution in [0.25, 0.3) is 0 Å². The van der Waals surface area contributed by atoms with Gasteiger partial charge in [-0.2, -0.15) is 0 Å². The number of amides is 2. The average Bonchev–Trinajstić information content (AvgIpc) is 2.92. The lowest BCUT2D eigenvalue weighted by atomic mass is 10.1. The Labute approximate surface area is 135 Å². The van der Waals surface area contributed by atoms with Crippen molar-refractivity contribution in [2.45, 2.75) is 27.2 Å². The molecule has 0 aliphatic carbocycles. The van der Waals surface area contributed by atoms with Crippen LogP contribution in [0.2, 0.25) is 0 Å². The van der Waals surface area contributed by atoms with Gasteiger partial charge in [-0.05, 0) is 37.5 Å². The highest BCUT2D eigenvalue weighted by atomic mass is 16.5. The van der Waals surface area contributed by atoms with Crippen LogP contribution in [0.15, 0.2) is 34.9 Å². The monoisotopic (exact) mass is 315 g/mol. The molecule has 0 radical (unpaired) electrons. The predicted molar refractivity (Wildman–Crippen MR) is 87.4 cm³/mol. The number of carbonyl (C=O) groups is 2. The molecule has 23 heavy (non-hydrogen) atoms. The summed E-state index contributed by atoms with van der Waals surface area (Å²) in [5.74, 6) is 0.962. The predicted octanol–water partition coefficient (Wildman–Crippen LogP) is 3.01. The van der Waals surface area contributed by atoms with Crippen LogP contribution >= 0.6 is 0 Å². The van der Waals surface area contributed by atoms with E-state index in [1.165, 1.54) is 0 Å². The Balaban J connectivity index is 2.01. The van der Waals surface area contributed by atoms with Gasteiger partial charge in [0.2, 0.25) is 0 Å². The average molecular weight is 315 g/mol. The Morgan fingerprint density at radius 3 is 2.48 bits per heavy atom. The van der Waals surface area contributed by atoms with E-state index >= 15 is 0 Å². The molecule has 0 bridgehead atoms. The van der Waals surface area contributed by atoms with Crippen LogP contribution in [-0.4, -0.2) is 23.5 Å². The minimum absolute atomic E-state index is 0.183. The molecule has 0 saturated heterocycles. The summed E-state index contributed by atoms with van der Waals surface area (Å²) in [6, 6.07) is 8.20. The maximum Gasteiger partial charge on any atom is 0.256 e. The van der Waals surface area contributed by atoms with Crippen molar-refractivity contribution in [3.05, 3.63) is 47.2 Å². The molecule has 122 valence electrons. The summed E-state index contributed by atoms with van der Waals surface area (Å²) in [6.45, 7) is 6.56. The molecule has 2 rings (SSSR count). The van der Waals surface area contributed by atoms with E-state index in [0.29, 0.717) is 35.2 Å². The normalized spacial score (nSPS) is 10.6. The van der Waals surface area contributed by atoms with Gasteiger partial charge < -0.3 is 15.2 Å². The molecule has 0 atom stereocenters. The highest BCUT2D eigenvalue weighted by molar-refractivity contribution is 6.05. The second-order valence-electron chi connectivity index (χ2n) is 5.80. The molecular formula is C17H21N3O3. The van der Waals surface area contributed by atoms with Crippen molar-refractivity contribution in [2.75, 3.05) is 11.9 Å². The van der Waals surface area contributed by atoms with Crippen LogP contribution in [0.1, 0.15) is 46.7 Å². The molecule has 0 spiro atoms. The van der Waals surface area contributed by atoms with Gasteiger partial charge in [0.05, 0.1) is 0 Å². The third-order valence-corrected chi connectivity index (χ3v) is 3.26. The van der Waals surface area contributed by atoms with Crippen LogP contribution in [0.3, 0.4) is 0 Å². The van der Waals surface area contributed by atoms with Gasteiger partial charge in [-0.3, -0.25) is 9.59 Å². The van der Waals surface area contributed by atoms with Crippen molar-refractivity contribution in [1.82, 2.24) is 10.5 Å². The molecule has 0 aliphatic rings. The summed E-state index contributed by atoms with van der Waals surface area (Å²) >= 11 is 0. The summed E-state index contributed by atoms with van der Waals surface area (Å²) in [4.78, 5) is 24.3. The van der Waals surface area contributed by atoms with Gasteiger partial charge >= 0.3 is 0 Å². The first kappa shape index (κ1) is 16.7. The first-order chi connectivity index (χ1) is 11.0. The lowest BCUT2D eigenvalue weighted by Crippen LogP contribution is -2.25. The molecule has 6 nitrogen and oxygen atoms in total. The fraction of sp³-hybridized carbons (Fsp3) is 0.353. The van der Waals surface area contributed by atoms with Crippen molar-refractivity contribution >= 4 is 17.6 Å². The Morgan fingerprint density at radius 1 is 1.17 bits per heavy atom. The van der Waals surface area contributed by atoms with Crippen molar-refractivity contribution in [3.63, 3.8) is 0 Å². The van der Waals surface area contributed by atoms with Gasteiger partial charge in [-0.1, -0.05) is 25.1 Å². The summed E-state index contributed by atoms with van der Waals surface area (Å²) in [6.07, 6.45) is 0.914. The lowest BCUT2D eigenvalue weighted by molar-refractivity contribution is 0.0952. The Kier molecular flexibility index (Phi) is 5.51. The van der Waals surface area contributed by atoms with Crippen molar-refractivity contribution in [3.8, 4) is 0 Å². The van der Waals surface area contributed by atoms with Gasteiger partial charge in [0, 0.05) is 23.7 Å². The van der Waals surface area contributed by atoms with Crippen LogP contribution in [0.5, 0.6) is 0 Å². The first-order valence-electron chi connectivity index (χ1n) is 7.58. The van der Waals surface area contributed by atoms with E-state index in [1.807, 2.05) is 0 Å². The number of anilines is 1. The Hall–Kier alpha value is -2.63. The summed E-state index contributed by atoms with van der Waals surface area (Å²) in [7, 11) is 0. The van der Waals surface area contributed by atoms with Gasteiger partial charge in [-0.15, -0.1) is 0 Å². The summed E-state index contributed by atoms with van der Waals surface area (Å²) in [5, 5.41) is 9.19. The van der Waals surface area contributed by atoms with E-state index in [-0.39, 0.29) is 11.8 Å². The number of benzene rings is 1. The third-order valence-electron chi connectivity index (χ3n) is 3.26. The number of carbonyl (C=O) groups excluding carboxylic acids is 2. The maximum atomic E-state index is 12.2. The number of hydrogen-bond donors (Lipinski definition) is 2. The third kappa shape index (κ3) is 4.95. The Bertz CT molecular complexity index is 692. The van der Waals surface area contributed by atoms with E-state index in [4.69, 9.17) is 4.52 Å². The molecule has 0 saturated carbocycles. The molecule has 1 aromatic carbocycles. The molecular weight excluding hydrogens is 294 g/mol. The zero-order chi connectivity index (χ0) is 16.8. The minimum atomic E-state index is -0.338. The lowest BCUT2D eigenvalue weighted by Gasteiger charge is -2.08. The van der Waals surface area contributed by atoms with E-state index in [9.17, 15) is 9.59 Å². The van der Waals surface area contributed by atoms with Crippen molar-refractivity contribution in [1.29, 1.82) is 0 Å². The second kappa shape index (κ2) is 7.58. The number of hydrogen-bond acceptors (Lipinski definition) is 4. The van der Waals surface area contributed by atoms with Crippen LogP contribution in [-0.2, 0) is 0 Å². The zero-order valence-corrected chi connectivity index (χ0v) is 13.6.